The van der Waals surface area contributed by atoms with Crippen LogP contribution < -0.4 is 14.8 Å². The second kappa shape index (κ2) is 8.11. The van der Waals surface area contributed by atoms with E-state index in [0.29, 0.717) is 29.2 Å². The molecule has 7 heteroatoms. The van der Waals surface area contributed by atoms with Crippen molar-refractivity contribution in [2.45, 2.75) is 31.1 Å². The summed E-state index contributed by atoms with van der Waals surface area (Å²) in [5, 5.41) is 3.06. The zero-order valence-corrected chi connectivity index (χ0v) is 17.4. The first kappa shape index (κ1) is 20.4. The van der Waals surface area contributed by atoms with Gasteiger partial charge in [-0.3, -0.25) is 9.59 Å². The Morgan fingerprint density at radius 2 is 1.80 bits per heavy atom. The van der Waals surface area contributed by atoms with E-state index < -0.39 is 11.7 Å². The minimum atomic E-state index is -0.679. The summed E-state index contributed by atoms with van der Waals surface area (Å²) in [4.78, 5) is 25.6. The minimum absolute atomic E-state index is 0.00769. The molecule has 5 nitrogen and oxygen atoms in total. The summed E-state index contributed by atoms with van der Waals surface area (Å²) in [5.74, 6) is -0.509. The summed E-state index contributed by atoms with van der Waals surface area (Å²) >= 11 is 6.24. The van der Waals surface area contributed by atoms with Crippen LogP contribution in [0.1, 0.15) is 42.2 Å². The summed E-state index contributed by atoms with van der Waals surface area (Å²) in [6.45, 7) is 0. The van der Waals surface area contributed by atoms with Crippen LogP contribution in [0.2, 0.25) is 5.02 Å². The Hall–Kier alpha value is -2.86. The summed E-state index contributed by atoms with van der Waals surface area (Å²) in [7, 11) is 3.11. The van der Waals surface area contributed by atoms with Gasteiger partial charge in [-0.1, -0.05) is 23.7 Å². The number of hydrogen-bond donors (Lipinski definition) is 1. The fraction of sp³-hybridized carbons (Fsp3) is 0.304. The normalized spacial score (nSPS) is 21.2. The summed E-state index contributed by atoms with van der Waals surface area (Å²) in [6, 6.07) is 9.91. The quantitative estimate of drug-likeness (QED) is 0.777. The number of carbonyl (C=O) groups is 2. The van der Waals surface area contributed by atoms with E-state index in [2.05, 4.69) is 5.32 Å². The van der Waals surface area contributed by atoms with E-state index in [9.17, 15) is 14.0 Å². The molecule has 1 aliphatic heterocycles. The lowest BCUT2D eigenvalue weighted by Gasteiger charge is -2.35. The van der Waals surface area contributed by atoms with Crippen molar-refractivity contribution >= 4 is 23.3 Å². The highest BCUT2D eigenvalue weighted by atomic mass is 35.5. The zero-order valence-electron chi connectivity index (χ0n) is 16.6. The maximum atomic E-state index is 14.6. The number of halogens is 2. The molecule has 1 N–H and O–H groups in total. The summed E-state index contributed by atoms with van der Waals surface area (Å²) in [6.07, 6.45) is 0.712. The lowest BCUT2D eigenvalue weighted by atomic mass is 9.73. The van der Waals surface area contributed by atoms with Gasteiger partial charge in [0.15, 0.2) is 17.3 Å². The number of hydrogen-bond acceptors (Lipinski definition) is 4. The third kappa shape index (κ3) is 3.56. The molecular weight excluding hydrogens is 409 g/mol. The fourth-order valence-corrected chi connectivity index (χ4v) is 4.69. The fourth-order valence-electron chi connectivity index (χ4n) is 4.39. The number of benzene rings is 2. The first-order valence-corrected chi connectivity index (χ1v) is 10.0. The number of ether oxygens (including phenoxy) is 2. The van der Waals surface area contributed by atoms with Crippen molar-refractivity contribution in [3.8, 4) is 11.5 Å². The molecule has 0 spiro atoms. The predicted molar refractivity (Wildman–Crippen MR) is 110 cm³/mol. The van der Waals surface area contributed by atoms with Gasteiger partial charge < -0.3 is 14.8 Å². The number of methoxy groups -OCH3 is 2. The van der Waals surface area contributed by atoms with Gasteiger partial charge in [0, 0.05) is 40.6 Å². The third-order valence-corrected chi connectivity index (χ3v) is 6.09. The first-order valence-electron chi connectivity index (χ1n) is 9.64. The lowest BCUT2D eigenvalue weighted by molar-refractivity contribution is -0.122. The van der Waals surface area contributed by atoms with Crippen LogP contribution in [0.3, 0.4) is 0 Å². The molecule has 1 amide bonds. The van der Waals surface area contributed by atoms with Crippen LogP contribution in [0, 0.1) is 5.82 Å². The van der Waals surface area contributed by atoms with Gasteiger partial charge in [0.1, 0.15) is 5.82 Å². The van der Waals surface area contributed by atoms with Crippen LogP contribution in [0.25, 0.3) is 0 Å². The number of amides is 1. The Labute approximate surface area is 178 Å². The topological polar surface area (TPSA) is 64.6 Å². The third-order valence-electron chi connectivity index (χ3n) is 5.76. The van der Waals surface area contributed by atoms with Gasteiger partial charge in [-0.15, -0.1) is 0 Å². The number of ketones is 1. The van der Waals surface area contributed by atoms with E-state index in [-0.39, 0.29) is 41.0 Å². The Morgan fingerprint density at radius 1 is 1.03 bits per heavy atom. The molecule has 156 valence electrons. The molecule has 4 rings (SSSR count). The number of rotatable bonds is 4. The molecule has 0 saturated carbocycles. The Morgan fingerprint density at radius 3 is 2.50 bits per heavy atom. The van der Waals surface area contributed by atoms with Crippen LogP contribution >= 0.6 is 11.6 Å². The molecule has 1 heterocycles. The molecule has 2 aromatic carbocycles. The van der Waals surface area contributed by atoms with Gasteiger partial charge in [0.05, 0.1) is 14.2 Å². The zero-order chi connectivity index (χ0) is 21.4. The van der Waals surface area contributed by atoms with Crippen LogP contribution in [0.5, 0.6) is 11.5 Å². The highest BCUT2D eigenvalue weighted by molar-refractivity contribution is 6.31. The predicted octanol–water partition coefficient (Wildman–Crippen LogP) is 4.50. The van der Waals surface area contributed by atoms with Crippen LogP contribution in [0.4, 0.5) is 4.39 Å². The van der Waals surface area contributed by atoms with Crippen LogP contribution in [-0.2, 0) is 9.59 Å². The molecule has 0 aromatic heterocycles. The molecular formula is C23H21ClFNO4. The molecule has 0 saturated heterocycles. The first-order chi connectivity index (χ1) is 14.4. The van der Waals surface area contributed by atoms with Crippen molar-refractivity contribution in [1.29, 1.82) is 0 Å². The van der Waals surface area contributed by atoms with Crippen LogP contribution in [-0.4, -0.2) is 25.9 Å². The Balaban J connectivity index is 1.73. The van der Waals surface area contributed by atoms with Gasteiger partial charge in [0.25, 0.3) is 0 Å². The molecule has 2 atom stereocenters. The van der Waals surface area contributed by atoms with Gasteiger partial charge in [-0.25, -0.2) is 4.39 Å². The SMILES string of the molecule is COc1ccc(C2CC(=O)C3=C(C2)NC(=O)CC3c2c(F)cccc2Cl)cc1OC. The second-order valence-electron chi connectivity index (χ2n) is 7.48. The smallest absolute Gasteiger partial charge is 0.225 e. The maximum absolute atomic E-state index is 14.6. The monoisotopic (exact) mass is 429 g/mol. The summed E-state index contributed by atoms with van der Waals surface area (Å²) in [5.41, 5.74) is 2.12. The van der Waals surface area contributed by atoms with Crippen molar-refractivity contribution in [1.82, 2.24) is 5.32 Å². The molecule has 0 bridgehead atoms. The average molecular weight is 430 g/mol. The van der Waals surface area contributed by atoms with Gasteiger partial charge in [0.2, 0.25) is 5.91 Å². The van der Waals surface area contributed by atoms with Gasteiger partial charge in [-0.05, 0) is 42.2 Å². The molecule has 0 fully saturated rings. The van der Waals surface area contributed by atoms with E-state index >= 15 is 0 Å². The van der Waals surface area contributed by atoms with E-state index in [1.165, 1.54) is 12.1 Å². The molecule has 1 aliphatic carbocycles. The summed E-state index contributed by atoms with van der Waals surface area (Å²) < 4.78 is 25.2. The van der Waals surface area contributed by atoms with Crippen molar-refractivity contribution in [2.75, 3.05) is 14.2 Å². The molecule has 2 aromatic rings. The lowest BCUT2D eigenvalue weighted by Crippen LogP contribution is -2.38. The number of allylic oxidation sites excluding steroid dienone is 2. The second-order valence-corrected chi connectivity index (χ2v) is 7.88. The van der Waals surface area contributed by atoms with Crippen LogP contribution in [0.15, 0.2) is 47.7 Å². The average Bonchev–Trinajstić information content (AvgIpc) is 2.72. The van der Waals surface area contributed by atoms with Crippen molar-refractivity contribution in [2.24, 2.45) is 0 Å². The number of Topliss-reactive ketones (excluding diaryl/α,β-unsaturated/α-hetero) is 1. The van der Waals surface area contributed by atoms with E-state index in [1.807, 2.05) is 12.1 Å². The van der Waals surface area contributed by atoms with Crippen molar-refractivity contribution < 1.29 is 23.5 Å². The van der Waals surface area contributed by atoms with Crippen molar-refractivity contribution in [3.63, 3.8) is 0 Å². The number of carbonyl (C=O) groups excluding carboxylic acids is 2. The van der Waals surface area contributed by atoms with Crippen molar-refractivity contribution in [3.05, 3.63) is 69.6 Å². The Kier molecular flexibility index (Phi) is 5.52. The largest absolute Gasteiger partial charge is 0.493 e. The van der Waals surface area contributed by atoms with Gasteiger partial charge >= 0.3 is 0 Å². The van der Waals surface area contributed by atoms with Gasteiger partial charge in [-0.2, -0.15) is 0 Å². The molecule has 2 unspecified atom stereocenters. The molecule has 30 heavy (non-hydrogen) atoms. The highest BCUT2D eigenvalue weighted by Gasteiger charge is 2.40. The van der Waals surface area contributed by atoms with E-state index in [0.717, 1.165) is 5.56 Å². The Bertz CT molecular complexity index is 1040. The highest BCUT2D eigenvalue weighted by Crippen LogP contribution is 2.45. The maximum Gasteiger partial charge on any atom is 0.225 e. The van der Waals surface area contributed by atoms with E-state index in [1.54, 1.807) is 26.4 Å². The number of nitrogens with one attached hydrogen (secondary N) is 1. The standard InChI is InChI=1S/C23H21ClFNO4/c1-29-19-7-6-12(10-20(19)30-2)13-8-17-23(18(27)9-13)14(11-21(28)26-17)22-15(24)4-3-5-16(22)25/h3-7,10,13-14H,8-9,11H2,1-2H3,(H,26,28). The molecule has 0 radical (unpaired) electrons. The molecule has 2 aliphatic rings. The minimum Gasteiger partial charge on any atom is -0.493 e. The van der Waals surface area contributed by atoms with E-state index in [4.69, 9.17) is 21.1 Å².